The number of nitrogens with zero attached hydrogens (tertiary/aromatic N) is 1. The van der Waals surface area contributed by atoms with Crippen LogP contribution in [0.4, 0.5) is 0 Å². The molecule has 31 heavy (non-hydrogen) atoms. The number of hydrogen-bond donors (Lipinski definition) is 3. The van der Waals surface area contributed by atoms with Gasteiger partial charge in [-0.1, -0.05) is 26.0 Å². The van der Waals surface area contributed by atoms with Gasteiger partial charge in [0.05, 0.1) is 19.2 Å². The smallest absolute Gasteiger partial charge is 0.284 e. The fourth-order valence-electron chi connectivity index (χ4n) is 3.11. The molecular weight excluding hydrogens is 507 g/mol. The second kappa shape index (κ2) is 13.2. The minimum Gasteiger partial charge on any atom is -0.490 e. The molecule has 7 nitrogen and oxygen atoms in total. The fourth-order valence-corrected chi connectivity index (χ4v) is 3.11. The van der Waals surface area contributed by atoms with Crippen molar-refractivity contribution in [2.75, 3.05) is 6.54 Å². The number of ether oxygens (including phenoxy) is 1. The third-order valence-electron chi connectivity index (χ3n) is 4.44. The zero-order valence-electron chi connectivity index (χ0n) is 19.0. The van der Waals surface area contributed by atoms with Crippen LogP contribution in [0.5, 0.6) is 5.75 Å². The Kier molecular flexibility index (Phi) is 11.4. The number of guanidine groups is 1. The number of aliphatic imine (C=N–C) groups is 1. The molecule has 0 fully saturated rings. The second-order valence-electron chi connectivity index (χ2n) is 7.85. The number of carbonyl (C=O) groups is 1. The Morgan fingerprint density at radius 3 is 2.55 bits per heavy atom. The van der Waals surface area contributed by atoms with Crippen molar-refractivity contribution in [3.63, 3.8) is 0 Å². The van der Waals surface area contributed by atoms with Crippen LogP contribution >= 0.6 is 24.0 Å². The van der Waals surface area contributed by atoms with Gasteiger partial charge in [0.25, 0.3) is 5.91 Å². The van der Waals surface area contributed by atoms with Crippen LogP contribution in [0.3, 0.4) is 0 Å². The molecule has 1 unspecified atom stereocenters. The van der Waals surface area contributed by atoms with Gasteiger partial charge in [0.15, 0.2) is 11.7 Å². The first-order chi connectivity index (χ1) is 14.3. The molecule has 1 atom stereocenters. The number of nitrogens with one attached hydrogen (secondary N) is 2. The molecule has 2 rings (SSSR count). The van der Waals surface area contributed by atoms with E-state index in [4.69, 9.17) is 14.9 Å². The number of nitrogens with two attached hydrogens (primary N) is 1. The molecule has 1 aromatic heterocycles. The topological polar surface area (TPSA) is 102 Å². The van der Waals surface area contributed by atoms with Gasteiger partial charge in [-0.15, -0.1) is 24.0 Å². The molecule has 1 aromatic carbocycles. The summed E-state index contributed by atoms with van der Waals surface area (Å²) in [6, 6.07) is 9.48. The molecule has 0 radical (unpaired) electrons. The zero-order chi connectivity index (χ0) is 22.1. The number of rotatable bonds is 10. The summed E-state index contributed by atoms with van der Waals surface area (Å²) in [4.78, 5) is 15.8. The lowest BCUT2D eigenvalue weighted by atomic mass is 10.1. The average Bonchev–Trinajstić information content (AvgIpc) is 3.14. The highest BCUT2D eigenvalue weighted by Gasteiger charge is 2.11. The highest BCUT2D eigenvalue weighted by atomic mass is 127. The molecule has 0 aliphatic rings. The molecule has 172 valence electrons. The molecule has 1 heterocycles. The van der Waals surface area contributed by atoms with Gasteiger partial charge in [0.1, 0.15) is 11.5 Å². The van der Waals surface area contributed by atoms with Crippen LogP contribution in [-0.2, 0) is 13.1 Å². The molecule has 0 saturated heterocycles. The summed E-state index contributed by atoms with van der Waals surface area (Å²) in [5, 5.41) is 6.42. The first-order valence-corrected chi connectivity index (χ1v) is 10.4. The van der Waals surface area contributed by atoms with Gasteiger partial charge in [-0.25, -0.2) is 4.99 Å². The number of hydrogen-bond acceptors (Lipinski definition) is 4. The Morgan fingerprint density at radius 1 is 1.19 bits per heavy atom. The number of furan rings is 1. The van der Waals surface area contributed by atoms with E-state index in [1.807, 2.05) is 6.92 Å². The first kappa shape index (κ1) is 26.8. The normalized spacial score (nSPS) is 12.3. The summed E-state index contributed by atoms with van der Waals surface area (Å²) >= 11 is 0. The minimum absolute atomic E-state index is 0. The van der Waals surface area contributed by atoms with Crippen LogP contribution in [0, 0.1) is 12.8 Å². The Balaban J connectivity index is 0.00000480. The van der Waals surface area contributed by atoms with Crippen molar-refractivity contribution in [3.8, 4) is 5.75 Å². The monoisotopic (exact) mass is 542 g/mol. The average molecular weight is 542 g/mol. The SMILES string of the molecule is CCNC(=NCc1ccc(C)cc1OC(C)CC(C)C)NCc1ccc(C(N)=O)o1.I. The Labute approximate surface area is 202 Å². The van der Waals surface area contributed by atoms with Gasteiger partial charge in [-0.05, 0) is 56.9 Å². The van der Waals surface area contributed by atoms with Gasteiger partial charge in [-0.3, -0.25) is 4.79 Å². The standard InChI is InChI=1S/C23H34N4O3.HI/c1-6-25-23(27-14-19-9-10-20(30-19)22(24)28)26-13-18-8-7-16(4)12-21(18)29-17(5)11-15(2)3;/h7-10,12,15,17H,6,11,13-14H2,1-5H3,(H2,24,28)(H2,25,26,27);1H. The fraction of sp³-hybridized carbons (Fsp3) is 0.478. The first-order valence-electron chi connectivity index (χ1n) is 10.4. The highest BCUT2D eigenvalue weighted by molar-refractivity contribution is 14.0. The Hall–Kier alpha value is -2.23. The summed E-state index contributed by atoms with van der Waals surface area (Å²) in [5.74, 6) is 2.27. The maximum absolute atomic E-state index is 11.2. The molecule has 1 amide bonds. The molecule has 0 saturated carbocycles. The van der Waals surface area contributed by atoms with Crippen molar-refractivity contribution in [2.24, 2.45) is 16.6 Å². The van der Waals surface area contributed by atoms with E-state index in [2.05, 4.69) is 61.5 Å². The summed E-state index contributed by atoms with van der Waals surface area (Å²) in [6.45, 7) is 12.1. The molecule has 4 N–H and O–H groups in total. The molecule has 8 heteroatoms. The Morgan fingerprint density at radius 2 is 1.94 bits per heavy atom. The predicted octanol–water partition coefficient (Wildman–Crippen LogP) is 4.37. The van der Waals surface area contributed by atoms with E-state index >= 15 is 0 Å². The lowest BCUT2D eigenvalue weighted by Crippen LogP contribution is -2.36. The van der Waals surface area contributed by atoms with Gasteiger partial charge in [0, 0.05) is 12.1 Å². The second-order valence-corrected chi connectivity index (χ2v) is 7.85. The lowest BCUT2D eigenvalue weighted by Gasteiger charge is -2.19. The van der Waals surface area contributed by atoms with Crippen molar-refractivity contribution in [1.29, 1.82) is 0 Å². The van der Waals surface area contributed by atoms with E-state index in [-0.39, 0.29) is 35.8 Å². The van der Waals surface area contributed by atoms with Crippen molar-refractivity contribution in [1.82, 2.24) is 10.6 Å². The number of primary amides is 1. The zero-order valence-corrected chi connectivity index (χ0v) is 21.4. The molecule has 0 spiro atoms. The largest absolute Gasteiger partial charge is 0.490 e. The maximum Gasteiger partial charge on any atom is 0.284 e. The van der Waals surface area contributed by atoms with Crippen LogP contribution in [-0.4, -0.2) is 24.5 Å². The number of benzene rings is 1. The molecule has 0 bridgehead atoms. The lowest BCUT2D eigenvalue weighted by molar-refractivity contribution is 0.0972. The number of aryl methyl sites for hydroxylation is 1. The maximum atomic E-state index is 11.2. The number of carbonyl (C=O) groups excluding carboxylic acids is 1. The van der Waals surface area contributed by atoms with Gasteiger partial charge >= 0.3 is 0 Å². The molecule has 0 aliphatic heterocycles. The van der Waals surface area contributed by atoms with Crippen LogP contribution < -0.4 is 21.1 Å². The summed E-state index contributed by atoms with van der Waals surface area (Å²) in [6.07, 6.45) is 1.14. The molecule has 0 aliphatic carbocycles. The van der Waals surface area contributed by atoms with Gasteiger partial charge in [-0.2, -0.15) is 0 Å². The molecular formula is C23H35IN4O3. The summed E-state index contributed by atoms with van der Waals surface area (Å²) in [5.41, 5.74) is 7.41. The predicted molar refractivity (Wildman–Crippen MR) is 135 cm³/mol. The summed E-state index contributed by atoms with van der Waals surface area (Å²) in [7, 11) is 0. The van der Waals surface area contributed by atoms with E-state index in [0.29, 0.717) is 30.7 Å². The van der Waals surface area contributed by atoms with Crippen LogP contribution in [0.2, 0.25) is 0 Å². The minimum atomic E-state index is -0.583. The van der Waals surface area contributed by atoms with E-state index in [9.17, 15) is 4.79 Å². The van der Waals surface area contributed by atoms with Gasteiger partial charge < -0.3 is 25.5 Å². The van der Waals surface area contributed by atoms with Crippen molar-refractivity contribution in [2.45, 2.75) is 60.2 Å². The van der Waals surface area contributed by atoms with Crippen LogP contribution in [0.1, 0.15) is 61.6 Å². The Bertz CT molecular complexity index is 864. The third-order valence-corrected chi connectivity index (χ3v) is 4.44. The third kappa shape index (κ3) is 9.20. The van der Waals surface area contributed by atoms with Crippen LogP contribution in [0.15, 0.2) is 39.7 Å². The summed E-state index contributed by atoms with van der Waals surface area (Å²) < 4.78 is 11.6. The molecule has 2 aromatic rings. The van der Waals surface area contributed by atoms with E-state index in [1.165, 1.54) is 0 Å². The van der Waals surface area contributed by atoms with E-state index < -0.39 is 5.91 Å². The quantitative estimate of drug-likeness (QED) is 0.235. The van der Waals surface area contributed by atoms with Crippen molar-refractivity contribution >= 4 is 35.8 Å². The van der Waals surface area contributed by atoms with E-state index in [0.717, 1.165) is 29.8 Å². The van der Waals surface area contributed by atoms with Gasteiger partial charge in [0.2, 0.25) is 0 Å². The van der Waals surface area contributed by atoms with Crippen molar-refractivity contribution in [3.05, 3.63) is 53.0 Å². The number of amides is 1. The number of halogens is 1. The van der Waals surface area contributed by atoms with Crippen LogP contribution in [0.25, 0.3) is 0 Å². The van der Waals surface area contributed by atoms with E-state index in [1.54, 1.807) is 12.1 Å². The highest BCUT2D eigenvalue weighted by Crippen LogP contribution is 2.24. The van der Waals surface area contributed by atoms with Crippen molar-refractivity contribution < 1.29 is 13.9 Å².